The minimum atomic E-state index is -0.208. The molecule has 0 atom stereocenters. The molecule has 1 N–H and O–H groups in total. The molecule has 0 amide bonds. The Bertz CT molecular complexity index is 953. The van der Waals surface area contributed by atoms with Crippen LogP contribution in [0.25, 0.3) is 10.9 Å². The highest BCUT2D eigenvalue weighted by atomic mass is 35.5. The predicted octanol–water partition coefficient (Wildman–Crippen LogP) is 3.19. The third kappa shape index (κ3) is 2.55. The number of nitrogens with one attached hydrogen (secondary N) is 1. The summed E-state index contributed by atoms with van der Waals surface area (Å²) in [7, 11) is 0. The molecule has 0 fully saturated rings. The summed E-state index contributed by atoms with van der Waals surface area (Å²) < 4.78 is 1.30. The number of benzene rings is 1. The highest BCUT2D eigenvalue weighted by Gasteiger charge is 2.08. The lowest BCUT2D eigenvalue weighted by atomic mass is 10.2. The van der Waals surface area contributed by atoms with Crippen LogP contribution in [0.4, 0.5) is 0 Å². The van der Waals surface area contributed by atoms with E-state index in [4.69, 9.17) is 11.6 Å². The summed E-state index contributed by atoms with van der Waals surface area (Å²) >= 11 is 5.94. The molecular formula is C16H15ClN4O. The molecule has 3 rings (SSSR count). The number of aromatic amines is 1. The van der Waals surface area contributed by atoms with E-state index in [9.17, 15) is 4.79 Å². The van der Waals surface area contributed by atoms with Crippen LogP contribution >= 0.6 is 11.6 Å². The fraction of sp³-hybridized carbons (Fsp3) is 0.188. The Kier molecular flexibility index (Phi) is 3.58. The molecule has 2 heterocycles. The van der Waals surface area contributed by atoms with E-state index in [1.807, 2.05) is 19.9 Å². The summed E-state index contributed by atoms with van der Waals surface area (Å²) in [5.41, 5.74) is 3.37. The van der Waals surface area contributed by atoms with Gasteiger partial charge in [0.2, 0.25) is 0 Å². The van der Waals surface area contributed by atoms with Gasteiger partial charge in [0.05, 0.1) is 17.1 Å². The van der Waals surface area contributed by atoms with Gasteiger partial charge in [-0.25, -0.2) is 4.98 Å². The fourth-order valence-corrected chi connectivity index (χ4v) is 2.56. The summed E-state index contributed by atoms with van der Waals surface area (Å²) in [6.45, 7) is 5.68. The lowest BCUT2D eigenvalue weighted by molar-refractivity contribution is 0.771. The number of aromatic nitrogens is 3. The quantitative estimate of drug-likeness (QED) is 0.738. The smallest absolute Gasteiger partial charge is 0.282 e. The molecule has 0 aliphatic heterocycles. The van der Waals surface area contributed by atoms with Crippen LogP contribution in [0.1, 0.15) is 22.8 Å². The molecule has 22 heavy (non-hydrogen) atoms. The molecule has 6 heteroatoms. The highest BCUT2D eigenvalue weighted by molar-refractivity contribution is 6.31. The van der Waals surface area contributed by atoms with Crippen LogP contribution in [0.15, 0.2) is 34.2 Å². The second-order valence-electron chi connectivity index (χ2n) is 5.21. The molecule has 0 saturated heterocycles. The van der Waals surface area contributed by atoms with E-state index >= 15 is 0 Å². The van der Waals surface area contributed by atoms with Crippen LogP contribution in [0, 0.1) is 20.8 Å². The van der Waals surface area contributed by atoms with Gasteiger partial charge >= 0.3 is 0 Å². The summed E-state index contributed by atoms with van der Waals surface area (Å²) in [5.74, 6) is 0.515. The number of hydrogen-bond acceptors (Lipinski definition) is 3. The lowest BCUT2D eigenvalue weighted by Crippen LogP contribution is -2.20. The zero-order chi connectivity index (χ0) is 15.9. The van der Waals surface area contributed by atoms with Crippen molar-refractivity contribution in [2.24, 2.45) is 5.10 Å². The Morgan fingerprint density at radius 2 is 2.05 bits per heavy atom. The van der Waals surface area contributed by atoms with Gasteiger partial charge in [0.1, 0.15) is 5.82 Å². The number of hydrogen-bond donors (Lipinski definition) is 1. The first-order valence-electron chi connectivity index (χ1n) is 6.85. The number of H-pyrrole nitrogens is 1. The van der Waals surface area contributed by atoms with Gasteiger partial charge in [0, 0.05) is 22.0 Å². The van der Waals surface area contributed by atoms with Crippen molar-refractivity contribution in [2.75, 3.05) is 0 Å². The Balaban J connectivity index is 2.13. The Labute approximate surface area is 132 Å². The second kappa shape index (κ2) is 5.42. The molecular weight excluding hydrogens is 300 g/mol. The van der Waals surface area contributed by atoms with Gasteiger partial charge in [0.15, 0.2) is 0 Å². The molecule has 0 saturated carbocycles. The molecule has 0 aliphatic rings. The summed E-state index contributed by atoms with van der Waals surface area (Å²) in [6, 6.07) is 7.01. The monoisotopic (exact) mass is 314 g/mol. The topological polar surface area (TPSA) is 63.0 Å². The molecule has 5 nitrogen and oxygen atoms in total. The van der Waals surface area contributed by atoms with E-state index in [1.165, 1.54) is 4.68 Å². The molecule has 1 aromatic carbocycles. The second-order valence-corrected chi connectivity index (χ2v) is 5.65. The number of aryl methyl sites for hydroxylation is 3. The van der Waals surface area contributed by atoms with Crippen molar-refractivity contribution >= 4 is 28.7 Å². The van der Waals surface area contributed by atoms with Crippen molar-refractivity contribution in [2.45, 2.75) is 20.8 Å². The van der Waals surface area contributed by atoms with E-state index in [2.05, 4.69) is 15.1 Å². The summed E-state index contributed by atoms with van der Waals surface area (Å²) in [5, 5.41) is 5.33. The van der Waals surface area contributed by atoms with Crippen molar-refractivity contribution in [3.63, 3.8) is 0 Å². The van der Waals surface area contributed by atoms with Crippen LogP contribution in [-0.4, -0.2) is 20.9 Å². The first kappa shape index (κ1) is 14.5. The SMILES string of the molecule is Cc1cc(/C=N/n2c(C)nc3cc(Cl)ccc3c2=O)c(C)[nH]1. The largest absolute Gasteiger partial charge is 0.362 e. The lowest BCUT2D eigenvalue weighted by Gasteiger charge is -2.05. The van der Waals surface area contributed by atoms with E-state index in [0.717, 1.165) is 17.0 Å². The van der Waals surface area contributed by atoms with Crippen molar-refractivity contribution in [1.29, 1.82) is 0 Å². The van der Waals surface area contributed by atoms with Crippen LogP contribution in [0.5, 0.6) is 0 Å². The standard InChI is InChI=1S/C16H15ClN4O/c1-9-6-12(10(2)19-9)8-18-21-11(3)20-15-7-13(17)4-5-14(15)16(21)22/h4-8,19H,1-3H3/b18-8+. The molecule has 0 bridgehead atoms. The van der Waals surface area contributed by atoms with Crippen molar-refractivity contribution in [3.8, 4) is 0 Å². The average molecular weight is 315 g/mol. The third-order valence-electron chi connectivity index (χ3n) is 3.47. The zero-order valence-corrected chi connectivity index (χ0v) is 13.3. The summed E-state index contributed by atoms with van der Waals surface area (Å²) in [6.07, 6.45) is 1.66. The van der Waals surface area contributed by atoms with E-state index < -0.39 is 0 Å². The van der Waals surface area contributed by atoms with Crippen LogP contribution in [-0.2, 0) is 0 Å². The van der Waals surface area contributed by atoms with Crippen molar-refractivity contribution < 1.29 is 0 Å². The maximum atomic E-state index is 12.5. The fourth-order valence-electron chi connectivity index (χ4n) is 2.40. The molecule has 2 aromatic heterocycles. The van der Waals surface area contributed by atoms with E-state index in [1.54, 1.807) is 31.3 Å². The molecule has 112 valence electrons. The van der Waals surface area contributed by atoms with Gasteiger partial charge in [0.25, 0.3) is 5.56 Å². The first-order valence-corrected chi connectivity index (χ1v) is 7.23. The van der Waals surface area contributed by atoms with E-state index in [0.29, 0.717) is 21.7 Å². The molecule has 0 unspecified atom stereocenters. The maximum Gasteiger partial charge on any atom is 0.282 e. The van der Waals surface area contributed by atoms with E-state index in [-0.39, 0.29) is 5.56 Å². The van der Waals surface area contributed by atoms with Gasteiger partial charge in [-0.05, 0) is 45.0 Å². The Morgan fingerprint density at radius 1 is 1.27 bits per heavy atom. The number of rotatable bonds is 2. The van der Waals surface area contributed by atoms with Gasteiger partial charge in [-0.15, -0.1) is 0 Å². The summed E-state index contributed by atoms with van der Waals surface area (Å²) in [4.78, 5) is 20.1. The molecule has 0 spiro atoms. The third-order valence-corrected chi connectivity index (χ3v) is 3.71. The Morgan fingerprint density at radius 3 is 2.73 bits per heavy atom. The van der Waals surface area contributed by atoms with Crippen LogP contribution in [0.2, 0.25) is 5.02 Å². The maximum absolute atomic E-state index is 12.5. The Hall–Kier alpha value is -2.40. The minimum absolute atomic E-state index is 0.208. The molecule has 0 aliphatic carbocycles. The van der Waals surface area contributed by atoms with Gasteiger partial charge < -0.3 is 4.98 Å². The first-order chi connectivity index (χ1) is 10.5. The van der Waals surface area contributed by atoms with Gasteiger partial charge in [-0.3, -0.25) is 4.79 Å². The van der Waals surface area contributed by atoms with Crippen molar-refractivity contribution in [1.82, 2.24) is 14.6 Å². The van der Waals surface area contributed by atoms with Gasteiger partial charge in [-0.2, -0.15) is 9.78 Å². The minimum Gasteiger partial charge on any atom is -0.362 e. The molecule has 3 aromatic rings. The zero-order valence-electron chi connectivity index (χ0n) is 12.5. The molecule has 0 radical (unpaired) electrons. The average Bonchev–Trinajstić information content (AvgIpc) is 2.76. The number of nitrogens with zero attached hydrogens (tertiary/aromatic N) is 3. The van der Waals surface area contributed by atoms with Crippen molar-refractivity contribution in [3.05, 3.63) is 62.4 Å². The number of fused-ring (bicyclic) bond motifs is 1. The normalized spacial score (nSPS) is 11.6. The van der Waals surface area contributed by atoms with Crippen LogP contribution < -0.4 is 5.56 Å². The van der Waals surface area contributed by atoms with Gasteiger partial charge in [-0.1, -0.05) is 11.6 Å². The highest BCUT2D eigenvalue weighted by Crippen LogP contribution is 2.15. The van der Waals surface area contributed by atoms with Crippen LogP contribution in [0.3, 0.4) is 0 Å². The predicted molar refractivity (Wildman–Crippen MR) is 89.0 cm³/mol. The number of halogens is 1.